The molecule has 0 saturated heterocycles. The second-order valence-electron chi connectivity index (χ2n) is 20.7. The number of hydrogen-bond donors (Lipinski definition) is 5. The van der Waals surface area contributed by atoms with Gasteiger partial charge in [-0.2, -0.15) is 0 Å². The van der Waals surface area contributed by atoms with Crippen molar-refractivity contribution in [2.75, 3.05) is 6.61 Å². The molecule has 0 radical (unpaired) electrons. The Labute approximate surface area is 412 Å². The van der Waals surface area contributed by atoms with Gasteiger partial charge in [0.25, 0.3) is 0 Å². The number of aliphatic hydroxyl groups excluding tert-OH is 4. The van der Waals surface area contributed by atoms with Gasteiger partial charge in [0.05, 0.1) is 18.8 Å². The second kappa shape index (κ2) is 54.7. The highest BCUT2D eigenvalue weighted by Crippen LogP contribution is 2.18. The largest absolute Gasteiger partial charge is 0.394 e. The maximum atomic E-state index is 12.6. The molecule has 0 rings (SSSR count). The van der Waals surface area contributed by atoms with Crippen LogP contribution in [0.2, 0.25) is 0 Å². The number of hydrogen-bond acceptors (Lipinski definition) is 5. The highest BCUT2D eigenvalue weighted by molar-refractivity contribution is 5.80. The molecule has 4 atom stereocenters. The topological polar surface area (TPSA) is 110 Å². The van der Waals surface area contributed by atoms with E-state index in [0.29, 0.717) is 12.8 Å². The lowest BCUT2D eigenvalue weighted by molar-refractivity contribution is -0.132. The Bertz CT molecular complexity index is 1000. The second-order valence-corrected chi connectivity index (χ2v) is 20.7. The Balaban J connectivity index is 3.62. The molecule has 392 valence electrons. The molecule has 4 unspecified atom stereocenters. The van der Waals surface area contributed by atoms with E-state index < -0.39 is 36.9 Å². The van der Waals surface area contributed by atoms with Crippen LogP contribution in [0.3, 0.4) is 0 Å². The average molecular weight is 933 g/mol. The summed E-state index contributed by atoms with van der Waals surface area (Å²) in [6, 6.07) is -1.00. The maximum Gasteiger partial charge on any atom is 0.249 e. The van der Waals surface area contributed by atoms with E-state index >= 15 is 0 Å². The fourth-order valence-electron chi connectivity index (χ4n) is 9.46. The van der Waals surface area contributed by atoms with Gasteiger partial charge >= 0.3 is 0 Å². The molecule has 0 bridgehead atoms. The Hall–Kier alpha value is -1.21. The zero-order valence-corrected chi connectivity index (χ0v) is 44.5. The van der Waals surface area contributed by atoms with Gasteiger partial charge in [-0.25, -0.2) is 0 Å². The summed E-state index contributed by atoms with van der Waals surface area (Å²) in [5.41, 5.74) is 0. The standard InChI is InChI=1S/C60H117NO5/c1-3-5-7-9-11-13-15-17-19-21-23-25-26-27-28-29-30-31-32-34-35-37-39-41-43-45-47-49-51-53-57(63)59(65)56(55-62)61-60(66)58(64)54-52-50-48-46-44-42-40-38-36-33-24-22-20-18-16-14-12-10-8-6-4-2/h36,38,45,47,56-59,62-65H,3-35,37,39-44,46,48-55H2,1-2H3,(H,61,66)/b38-36-,47-45+. The fourth-order valence-corrected chi connectivity index (χ4v) is 9.46. The lowest BCUT2D eigenvalue weighted by atomic mass is 10.00. The van der Waals surface area contributed by atoms with Gasteiger partial charge < -0.3 is 25.7 Å². The van der Waals surface area contributed by atoms with Gasteiger partial charge in [0.1, 0.15) is 12.2 Å². The molecule has 0 aliphatic heterocycles. The molecule has 0 heterocycles. The predicted molar refractivity (Wildman–Crippen MR) is 288 cm³/mol. The quantitative estimate of drug-likeness (QED) is 0.0308. The average Bonchev–Trinajstić information content (AvgIpc) is 3.32. The van der Waals surface area contributed by atoms with Crippen LogP contribution in [0.25, 0.3) is 0 Å². The first-order chi connectivity index (χ1) is 32.5. The molecule has 0 saturated carbocycles. The number of carbonyl (C=O) groups excluding carboxylic acids is 1. The van der Waals surface area contributed by atoms with Crippen LogP contribution in [0, 0.1) is 0 Å². The first-order valence-electron chi connectivity index (χ1n) is 29.7. The summed E-state index contributed by atoms with van der Waals surface area (Å²) in [6.07, 6.45) is 66.9. The molecular weight excluding hydrogens is 815 g/mol. The molecule has 0 aromatic heterocycles. The first kappa shape index (κ1) is 64.8. The highest BCUT2D eigenvalue weighted by Gasteiger charge is 2.28. The van der Waals surface area contributed by atoms with Crippen LogP contribution in [0.15, 0.2) is 24.3 Å². The molecule has 0 aromatic carbocycles. The summed E-state index contributed by atoms with van der Waals surface area (Å²) in [6.45, 7) is 4.08. The third-order valence-electron chi connectivity index (χ3n) is 14.1. The van der Waals surface area contributed by atoms with Crippen molar-refractivity contribution in [1.29, 1.82) is 0 Å². The Morgan fingerprint density at radius 1 is 0.364 bits per heavy atom. The van der Waals surface area contributed by atoms with Crippen molar-refractivity contribution in [3.8, 4) is 0 Å². The predicted octanol–water partition coefficient (Wildman–Crippen LogP) is 17.4. The third-order valence-corrected chi connectivity index (χ3v) is 14.1. The fraction of sp³-hybridized carbons (Fsp3) is 0.917. The van der Waals surface area contributed by atoms with Crippen LogP contribution in [0.4, 0.5) is 0 Å². The number of carbonyl (C=O) groups is 1. The van der Waals surface area contributed by atoms with Crippen molar-refractivity contribution >= 4 is 5.91 Å². The molecule has 66 heavy (non-hydrogen) atoms. The molecule has 6 nitrogen and oxygen atoms in total. The number of unbranched alkanes of at least 4 members (excludes halogenated alkanes) is 42. The molecule has 6 heteroatoms. The maximum absolute atomic E-state index is 12.6. The van der Waals surface area contributed by atoms with E-state index in [1.54, 1.807) is 0 Å². The molecule has 0 spiro atoms. The number of allylic oxidation sites excluding steroid dienone is 4. The summed E-state index contributed by atoms with van der Waals surface area (Å²) in [5.74, 6) is -0.594. The minimum absolute atomic E-state index is 0.358. The van der Waals surface area contributed by atoms with Gasteiger partial charge in [-0.1, -0.05) is 282 Å². The van der Waals surface area contributed by atoms with E-state index in [1.165, 1.54) is 250 Å². The number of amides is 1. The summed E-state index contributed by atoms with van der Waals surface area (Å²) in [4.78, 5) is 12.6. The lowest BCUT2D eigenvalue weighted by Gasteiger charge is -2.27. The molecule has 0 fully saturated rings. The molecular formula is C60H117NO5. The smallest absolute Gasteiger partial charge is 0.249 e. The van der Waals surface area contributed by atoms with E-state index in [4.69, 9.17) is 0 Å². The van der Waals surface area contributed by atoms with E-state index in [2.05, 4.69) is 43.5 Å². The molecule has 0 aliphatic rings. The summed E-state index contributed by atoms with van der Waals surface area (Å²) in [5, 5.41) is 44.0. The molecule has 0 aliphatic carbocycles. The molecule has 0 aromatic rings. The Morgan fingerprint density at radius 2 is 0.621 bits per heavy atom. The minimum Gasteiger partial charge on any atom is -0.394 e. The van der Waals surface area contributed by atoms with Crippen LogP contribution in [0.1, 0.15) is 322 Å². The van der Waals surface area contributed by atoms with Crippen molar-refractivity contribution < 1.29 is 25.2 Å². The first-order valence-corrected chi connectivity index (χ1v) is 29.7. The summed E-state index contributed by atoms with van der Waals surface area (Å²) in [7, 11) is 0. The normalized spacial score (nSPS) is 13.8. The van der Waals surface area contributed by atoms with Crippen molar-refractivity contribution in [2.24, 2.45) is 0 Å². The monoisotopic (exact) mass is 932 g/mol. The minimum atomic E-state index is -1.28. The van der Waals surface area contributed by atoms with Gasteiger partial charge in [-0.3, -0.25) is 4.79 Å². The van der Waals surface area contributed by atoms with Crippen molar-refractivity contribution in [2.45, 2.75) is 346 Å². The van der Waals surface area contributed by atoms with Crippen LogP contribution < -0.4 is 5.32 Å². The zero-order valence-electron chi connectivity index (χ0n) is 44.5. The Morgan fingerprint density at radius 3 is 0.909 bits per heavy atom. The third kappa shape index (κ3) is 47.8. The summed E-state index contributed by atoms with van der Waals surface area (Å²) < 4.78 is 0. The van der Waals surface area contributed by atoms with Gasteiger partial charge in [0.15, 0.2) is 0 Å². The van der Waals surface area contributed by atoms with Gasteiger partial charge in [0.2, 0.25) is 5.91 Å². The van der Waals surface area contributed by atoms with Crippen LogP contribution in [-0.4, -0.2) is 57.3 Å². The van der Waals surface area contributed by atoms with E-state index in [9.17, 15) is 25.2 Å². The highest BCUT2D eigenvalue weighted by atomic mass is 16.3. The zero-order chi connectivity index (χ0) is 48.1. The Kier molecular flexibility index (Phi) is 53.7. The number of rotatable bonds is 55. The van der Waals surface area contributed by atoms with Crippen LogP contribution in [-0.2, 0) is 4.79 Å². The number of aliphatic hydroxyl groups is 4. The molecule has 5 N–H and O–H groups in total. The van der Waals surface area contributed by atoms with Gasteiger partial charge in [0, 0.05) is 0 Å². The van der Waals surface area contributed by atoms with Crippen molar-refractivity contribution in [3.63, 3.8) is 0 Å². The van der Waals surface area contributed by atoms with Crippen LogP contribution in [0.5, 0.6) is 0 Å². The van der Waals surface area contributed by atoms with Crippen molar-refractivity contribution in [1.82, 2.24) is 5.32 Å². The lowest BCUT2D eigenvalue weighted by Crippen LogP contribution is -2.53. The van der Waals surface area contributed by atoms with Crippen molar-refractivity contribution in [3.05, 3.63) is 24.3 Å². The molecule has 1 amide bonds. The summed E-state index contributed by atoms with van der Waals surface area (Å²) >= 11 is 0. The number of nitrogens with one attached hydrogen (secondary N) is 1. The van der Waals surface area contributed by atoms with E-state index in [0.717, 1.165) is 44.9 Å². The van der Waals surface area contributed by atoms with Crippen LogP contribution >= 0.6 is 0 Å². The SMILES string of the molecule is CCCCCCCCCCCCC/C=C\CCCCCCCCC(O)C(=O)NC(CO)C(O)C(O)CCC/C=C/CCCCCCCCCCCCCCCCCCCCCCCCCC. The van der Waals surface area contributed by atoms with Gasteiger partial charge in [-0.05, 0) is 64.2 Å². The van der Waals surface area contributed by atoms with E-state index in [1.807, 2.05) is 0 Å². The van der Waals surface area contributed by atoms with E-state index in [-0.39, 0.29) is 0 Å². The van der Waals surface area contributed by atoms with Gasteiger partial charge in [-0.15, -0.1) is 0 Å².